The van der Waals surface area contributed by atoms with Crippen LogP contribution in [0.4, 0.5) is 24.9 Å². The summed E-state index contributed by atoms with van der Waals surface area (Å²) in [5, 5.41) is 5.79. The van der Waals surface area contributed by atoms with Crippen LogP contribution in [0.5, 0.6) is 11.5 Å². The summed E-state index contributed by atoms with van der Waals surface area (Å²) in [6.07, 6.45) is -1.72. The van der Waals surface area contributed by atoms with Crippen molar-refractivity contribution in [3.05, 3.63) is 35.5 Å². The highest BCUT2D eigenvalue weighted by molar-refractivity contribution is 7.80. The number of hydrogen-bond acceptors (Lipinski definition) is 6. The molecule has 172 valence electrons. The number of thiocarbonyl (C=S) groups is 1. The lowest BCUT2D eigenvalue weighted by molar-refractivity contribution is -0.141. The van der Waals surface area contributed by atoms with Crippen molar-refractivity contribution in [1.29, 1.82) is 0 Å². The maximum atomic E-state index is 13.4. The van der Waals surface area contributed by atoms with Crippen LogP contribution in [0.15, 0.2) is 24.3 Å². The van der Waals surface area contributed by atoms with Crippen LogP contribution in [-0.2, 0) is 12.7 Å². The van der Waals surface area contributed by atoms with Crippen LogP contribution < -0.4 is 25.0 Å². The fourth-order valence-corrected chi connectivity index (χ4v) is 3.91. The monoisotopic (exact) mass is 467 g/mol. The highest BCUT2D eigenvalue weighted by atomic mass is 32.1. The van der Waals surface area contributed by atoms with Gasteiger partial charge in [0, 0.05) is 25.2 Å². The number of aromatic nitrogens is 2. The van der Waals surface area contributed by atoms with Gasteiger partial charge in [-0.15, -0.1) is 0 Å². The van der Waals surface area contributed by atoms with Crippen molar-refractivity contribution < 1.29 is 22.6 Å². The van der Waals surface area contributed by atoms with Crippen molar-refractivity contribution in [2.75, 3.05) is 30.0 Å². The highest BCUT2D eigenvalue weighted by Crippen LogP contribution is 2.33. The summed E-state index contributed by atoms with van der Waals surface area (Å²) in [6.45, 7) is 3.98. The molecular weight excluding hydrogens is 443 g/mol. The smallest absolute Gasteiger partial charge is 0.433 e. The first-order valence-corrected chi connectivity index (χ1v) is 10.9. The van der Waals surface area contributed by atoms with E-state index in [1.54, 1.807) is 0 Å². The predicted molar refractivity (Wildman–Crippen MR) is 118 cm³/mol. The van der Waals surface area contributed by atoms with Gasteiger partial charge in [-0.05, 0) is 56.1 Å². The fourth-order valence-electron chi connectivity index (χ4n) is 3.75. The molecule has 0 amide bonds. The van der Waals surface area contributed by atoms with E-state index in [9.17, 15) is 13.2 Å². The van der Waals surface area contributed by atoms with Crippen molar-refractivity contribution in [2.45, 2.75) is 44.9 Å². The Morgan fingerprint density at radius 1 is 1.16 bits per heavy atom. The quantitative estimate of drug-likeness (QED) is 0.651. The normalized spacial score (nSPS) is 18.2. The summed E-state index contributed by atoms with van der Waals surface area (Å²) >= 11 is 5.26. The summed E-state index contributed by atoms with van der Waals surface area (Å²) < 4.78 is 51.4. The Balaban J connectivity index is 1.46. The number of nitrogens with one attached hydrogen (secondary N) is 2. The van der Waals surface area contributed by atoms with Crippen molar-refractivity contribution in [2.24, 2.45) is 0 Å². The summed E-state index contributed by atoms with van der Waals surface area (Å²) in [7, 11) is 0. The number of piperidine rings is 1. The predicted octanol–water partition coefficient (Wildman–Crippen LogP) is 4.13. The van der Waals surface area contributed by atoms with Gasteiger partial charge in [-0.1, -0.05) is 6.07 Å². The van der Waals surface area contributed by atoms with E-state index in [2.05, 4.69) is 20.6 Å². The van der Waals surface area contributed by atoms with Crippen LogP contribution in [0.25, 0.3) is 0 Å². The number of alkyl halides is 3. The van der Waals surface area contributed by atoms with E-state index < -0.39 is 11.9 Å². The number of ether oxygens (including phenoxy) is 2. The van der Waals surface area contributed by atoms with E-state index in [-0.39, 0.29) is 22.9 Å². The molecule has 1 aromatic heterocycles. The van der Waals surface area contributed by atoms with E-state index in [1.165, 1.54) is 0 Å². The van der Waals surface area contributed by atoms with E-state index in [0.717, 1.165) is 30.9 Å². The van der Waals surface area contributed by atoms with E-state index in [1.807, 2.05) is 30.0 Å². The highest BCUT2D eigenvalue weighted by Gasteiger charge is 2.35. The van der Waals surface area contributed by atoms with E-state index in [4.69, 9.17) is 21.7 Å². The van der Waals surface area contributed by atoms with Gasteiger partial charge in [-0.3, -0.25) is 0 Å². The largest absolute Gasteiger partial charge is 0.486 e. The van der Waals surface area contributed by atoms with Gasteiger partial charge < -0.3 is 25.0 Å². The fraction of sp³-hybridized carbons (Fsp3) is 0.476. The standard InChI is InChI=1S/C21H24F3N5O2S/c1-13-4-2-3-7-29(13)18-11-17(21(22,23)24)26-19(27-18)28-20(32)25-12-14-5-6-15-16(10-14)31-9-8-30-15/h5-6,10-11,13H,2-4,7-9,12H2,1H3,(H2,25,26,27,28,32)/t13-/m0/s1. The van der Waals surface area contributed by atoms with Crippen molar-refractivity contribution in [1.82, 2.24) is 15.3 Å². The van der Waals surface area contributed by atoms with Crippen molar-refractivity contribution >= 4 is 29.1 Å². The molecule has 0 saturated carbocycles. The number of benzene rings is 1. The lowest BCUT2D eigenvalue weighted by Crippen LogP contribution is -2.38. The van der Waals surface area contributed by atoms with Gasteiger partial charge in [-0.2, -0.15) is 18.2 Å². The number of fused-ring (bicyclic) bond motifs is 1. The first-order chi connectivity index (χ1) is 15.3. The third-order valence-corrected chi connectivity index (χ3v) is 5.63. The Hall–Kier alpha value is -2.82. The molecule has 0 unspecified atom stereocenters. The van der Waals surface area contributed by atoms with Crippen LogP contribution in [-0.4, -0.2) is 40.9 Å². The van der Waals surface area contributed by atoms with Gasteiger partial charge in [0.05, 0.1) is 0 Å². The molecule has 32 heavy (non-hydrogen) atoms. The van der Waals surface area contributed by atoms with Gasteiger partial charge in [0.2, 0.25) is 5.95 Å². The molecule has 11 heteroatoms. The second-order valence-electron chi connectivity index (χ2n) is 7.76. The Morgan fingerprint density at radius 2 is 1.94 bits per heavy atom. The molecule has 4 rings (SSSR count). The number of nitrogens with zero attached hydrogens (tertiary/aromatic N) is 3. The van der Waals surface area contributed by atoms with Crippen LogP contribution in [0.2, 0.25) is 0 Å². The van der Waals surface area contributed by atoms with Gasteiger partial charge >= 0.3 is 6.18 Å². The van der Waals surface area contributed by atoms with Gasteiger partial charge in [0.25, 0.3) is 0 Å². The Morgan fingerprint density at radius 3 is 2.69 bits per heavy atom. The molecule has 0 bridgehead atoms. The third-order valence-electron chi connectivity index (χ3n) is 5.39. The lowest BCUT2D eigenvalue weighted by atomic mass is 10.0. The number of anilines is 2. The molecule has 1 fully saturated rings. The van der Waals surface area contributed by atoms with Crippen LogP contribution in [0.1, 0.15) is 37.4 Å². The number of rotatable bonds is 4. The second kappa shape index (κ2) is 9.35. The lowest BCUT2D eigenvalue weighted by Gasteiger charge is -2.34. The molecule has 0 aliphatic carbocycles. The first kappa shape index (κ1) is 22.4. The van der Waals surface area contributed by atoms with Gasteiger partial charge in [0.1, 0.15) is 19.0 Å². The third kappa shape index (κ3) is 5.32. The Bertz CT molecular complexity index is 988. The molecule has 7 nitrogen and oxygen atoms in total. The van der Waals surface area contributed by atoms with Crippen molar-refractivity contribution in [3.8, 4) is 11.5 Å². The summed E-state index contributed by atoms with van der Waals surface area (Å²) in [5.41, 5.74) is -0.122. The molecule has 0 radical (unpaired) electrons. The molecule has 1 aromatic carbocycles. The van der Waals surface area contributed by atoms with Crippen molar-refractivity contribution in [3.63, 3.8) is 0 Å². The summed E-state index contributed by atoms with van der Waals surface area (Å²) in [5.74, 6) is 1.39. The molecule has 2 aromatic rings. The molecule has 1 atom stereocenters. The molecule has 3 heterocycles. The minimum Gasteiger partial charge on any atom is -0.486 e. The zero-order valence-electron chi connectivity index (χ0n) is 17.5. The average molecular weight is 468 g/mol. The molecule has 0 spiro atoms. The van der Waals surface area contributed by atoms with Crippen LogP contribution in [0, 0.1) is 0 Å². The summed E-state index contributed by atoms with van der Waals surface area (Å²) in [6, 6.07) is 6.61. The zero-order valence-corrected chi connectivity index (χ0v) is 18.4. The molecule has 2 N–H and O–H groups in total. The molecule has 2 aliphatic rings. The minimum absolute atomic E-state index is 0.105. The first-order valence-electron chi connectivity index (χ1n) is 10.5. The molecular formula is C21H24F3N5O2S. The number of halogens is 3. The topological polar surface area (TPSA) is 71.5 Å². The number of hydrogen-bond donors (Lipinski definition) is 2. The zero-order chi connectivity index (χ0) is 22.7. The van der Waals surface area contributed by atoms with Gasteiger partial charge in [-0.25, -0.2) is 4.98 Å². The minimum atomic E-state index is -4.59. The van der Waals surface area contributed by atoms with E-state index >= 15 is 0 Å². The summed E-state index contributed by atoms with van der Waals surface area (Å²) in [4.78, 5) is 9.84. The molecule has 1 saturated heterocycles. The Labute approximate surface area is 189 Å². The van der Waals surface area contributed by atoms with E-state index in [0.29, 0.717) is 37.8 Å². The maximum Gasteiger partial charge on any atom is 0.433 e. The Kier molecular flexibility index (Phi) is 6.54. The SMILES string of the molecule is C[C@H]1CCCCN1c1cc(C(F)(F)F)nc(NC(=S)NCc2ccc3c(c2)OCCO3)n1. The van der Waals surface area contributed by atoms with Crippen LogP contribution >= 0.6 is 12.2 Å². The maximum absolute atomic E-state index is 13.4. The van der Waals surface area contributed by atoms with Crippen LogP contribution in [0.3, 0.4) is 0 Å². The second-order valence-corrected chi connectivity index (χ2v) is 8.16. The molecule has 2 aliphatic heterocycles. The van der Waals surface area contributed by atoms with Gasteiger partial charge in [0.15, 0.2) is 22.3 Å². The average Bonchev–Trinajstić information content (AvgIpc) is 2.77.